The van der Waals surface area contributed by atoms with Crippen molar-refractivity contribution < 1.29 is 23.1 Å². The molecular weight excluding hydrogens is 269 g/mol. The first-order valence-corrected chi connectivity index (χ1v) is 5.84. The lowest BCUT2D eigenvalue weighted by Crippen LogP contribution is -2.14. The van der Waals surface area contributed by atoms with E-state index in [1.54, 1.807) is 18.2 Å². The lowest BCUT2D eigenvalue weighted by atomic mass is 9.98. The first kappa shape index (κ1) is 14.3. The summed E-state index contributed by atoms with van der Waals surface area (Å²) < 4.78 is 37.7. The van der Waals surface area contributed by atoms with Crippen LogP contribution in [-0.2, 0) is 6.18 Å². The molecule has 1 N–H and O–H groups in total. The van der Waals surface area contributed by atoms with Crippen molar-refractivity contribution in [1.29, 1.82) is 0 Å². The van der Waals surface area contributed by atoms with E-state index in [0.717, 1.165) is 18.2 Å². The van der Waals surface area contributed by atoms with Crippen LogP contribution in [0.3, 0.4) is 0 Å². The van der Waals surface area contributed by atoms with Crippen LogP contribution in [0.5, 0.6) is 0 Å². The zero-order valence-corrected chi connectivity index (χ0v) is 10.3. The Kier molecular flexibility index (Phi) is 3.90. The fourth-order valence-corrected chi connectivity index (χ4v) is 1.79. The summed E-state index contributed by atoms with van der Waals surface area (Å²) in [4.78, 5) is 12.0. The average molecular weight is 280 g/mol. The minimum absolute atomic E-state index is 0.170. The summed E-state index contributed by atoms with van der Waals surface area (Å²) in [5.74, 6) is -0.762. The lowest BCUT2D eigenvalue weighted by Gasteiger charge is -2.12. The Morgan fingerprint density at radius 1 is 1.00 bits per heavy atom. The van der Waals surface area contributed by atoms with Crippen LogP contribution in [-0.4, -0.2) is 10.9 Å². The highest BCUT2D eigenvalue weighted by Crippen LogP contribution is 2.30. The van der Waals surface area contributed by atoms with Gasteiger partial charge < -0.3 is 5.11 Å². The Labute approximate surface area is 113 Å². The molecule has 2 aromatic rings. The third-order valence-electron chi connectivity index (χ3n) is 2.84. The Balaban J connectivity index is 2.30. The molecule has 0 bridgehead atoms. The van der Waals surface area contributed by atoms with Gasteiger partial charge in [-0.15, -0.1) is 0 Å². The highest BCUT2D eigenvalue weighted by atomic mass is 19.4. The van der Waals surface area contributed by atoms with Crippen LogP contribution in [0.15, 0.2) is 54.6 Å². The van der Waals surface area contributed by atoms with E-state index in [1.165, 1.54) is 18.2 Å². The predicted octanol–water partition coefficient (Wildman–Crippen LogP) is 3.62. The van der Waals surface area contributed by atoms with Gasteiger partial charge in [-0.25, -0.2) is 0 Å². The monoisotopic (exact) mass is 280 g/mol. The Morgan fingerprint density at radius 2 is 1.65 bits per heavy atom. The van der Waals surface area contributed by atoms with Crippen molar-refractivity contribution in [3.63, 3.8) is 0 Å². The average Bonchev–Trinajstić information content (AvgIpc) is 2.46. The molecular formula is C15H11F3O2. The molecule has 104 valence electrons. The van der Waals surface area contributed by atoms with Crippen LogP contribution in [0.4, 0.5) is 13.2 Å². The molecule has 0 amide bonds. The van der Waals surface area contributed by atoms with Crippen LogP contribution >= 0.6 is 0 Å². The summed E-state index contributed by atoms with van der Waals surface area (Å²) in [5.41, 5.74) is -0.741. The summed E-state index contributed by atoms with van der Waals surface area (Å²) in [6, 6.07) is 12.1. The van der Waals surface area contributed by atoms with Gasteiger partial charge in [-0.05, 0) is 17.7 Å². The molecule has 0 radical (unpaired) electrons. The normalized spacial score (nSPS) is 13.0. The zero-order chi connectivity index (χ0) is 14.8. The fraction of sp³-hybridized carbons (Fsp3) is 0.133. The molecule has 0 aromatic heterocycles. The van der Waals surface area contributed by atoms with Crippen molar-refractivity contribution in [3.8, 4) is 0 Å². The van der Waals surface area contributed by atoms with E-state index < -0.39 is 23.6 Å². The Morgan fingerprint density at radius 3 is 2.25 bits per heavy atom. The molecule has 20 heavy (non-hydrogen) atoms. The second-order valence-corrected chi connectivity index (χ2v) is 4.26. The van der Waals surface area contributed by atoms with Crippen LogP contribution in [0.2, 0.25) is 0 Å². The van der Waals surface area contributed by atoms with Crippen molar-refractivity contribution in [2.75, 3.05) is 0 Å². The summed E-state index contributed by atoms with van der Waals surface area (Å²) in [5, 5.41) is 9.91. The quantitative estimate of drug-likeness (QED) is 0.872. The van der Waals surface area contributed by atoms with Crippen LogP contribution in [0, 0.1) is 0 Å². The van der Waals surface area contributed by atoms with Crippen molar-refractivity contribution >= 4 is 5.78 Å². The van der Waals surface area contributed by atoms with Gasteiger partial charge in [0.25, 0.3) is 0 Å². The van der Waals surface area contributed by atoms with Gasteiger partial charge in [-0.2, -0.15) is 13.2 Å². The molecule has 2 rings (SSSR count). The zero-order valence-electron chi connectivity index (χ0n) is 10.3. The van der Waals surface area contributed by atoms with Crippen LogP contribution in [0.1, 0.15) is 27.6 Å². The van der Waals surface area contributed by atoms with E-state index >= 15 is 0 Å². The number of ketones is 1. The predicted molar refractivity (Wildman–Crippen MR) is 67.2 cm³/mol. The molecule has 0 fully saturated rings. The van der Waals surface area contributed by atoms with E-state index in [-0.39, 0.29) is 5.56 Å². The number of Topliss-reactive ketones (excluding diaryl/α,β-unsaturated/α-hetero) is 1. The van der Waals surface area contributed by atoms with Gasteiger partial charge >= 0.3 is 6.18 Å². The minimum Gasteiger partial charge on any atom is -0.380 e. The molecule has 0 spiro atoms. The molecule has 2 nitrogen and oxygen atoms in total. The second kappa shape index (κ2) is 5.46. The minimum atomic E-state index is -4.52. The SMILES string of the molecule is O=C(c1cccc(C(F)(F)F)c1)C(O)c1ccccc1. The van der Waals surface area contributed by atoms with E-state index in [4.69, 9.17) is 0 Å². The summed E-state index contributed by atoms with van der Waals surface area (Å²) in [6.07, 6.45) is -5.99. The van der Waals surface area contributed by atoms with E-state index in [2.05, 4.69) is 0 Å². The number of carbonyl (C=O) groups excluding carboxylic acids is 1. The maximum absolute atomic E-state index is 12.6. The van der Waals surface area contributed by atoms with Gasteiger partial charge in [0.15, 0.2) is 5.78 Å². The van der Waals surface area contributed by atoms with Crippen molar-refractivity contribution in [2.45, 2.75) is 12.3 Å². The molecule has 1 unspecified atom stereocenters. The molecule has 1 atom stereocenters. The topological polar surface area (TPSA) is 37.3 Å². The Hall–Kier alpha value is -2.14. The van der Waals surface area contributed by atoms with Crippen LogP contribution in [0.25, 0.3) is 0 Å². The number of aliphatic hydroxyl groups excluding tert-OH is 1. The second-order valence-electron chi connectivity index (χ2n) is 4.26. The number of rotatable bonds is 3. The largest absolute Gasteiger partial charge is 0.416 e. The lowest BCUT2D eigenvalue weighted by molar-refractivity contribution is -0.137. The highest BCUT2D eigenvalue weighted by molar-refractivity contribution is 6.00. The van der Waals surface area contributed by atoms with E-state index in [9.17, 15) is 23.1 Å². The highest BCUT2D eigenvalue weighted by Gasteiger charge is 2.31. The van der Waals surface area contributed by atoms with Crippen LogP contribution < -0.4 is 0 Å². The number of carbonyl (C=O) groups is 1. The maximum atomic E-state index is 12.6. The first-order chi connectivity index (χ1) is 9.39. The smallest absolute Gasteiger partial charge is 0.380 e. The third kappa shape index (κ3) is 3.05. The van der Waals surface area contributed by atoms with Gasteiger partial charge in [-0.1, -0.05) is 42.5 Å². The summed E-state index contributed by atoms with van der Waals surface area (Å²) in [6.45, 7) is 0. The number of aliphatic hydroxyl groups is 1. The molecule has 0 heterocycles. The van der Waals surface area contributed by atoms with E-state index in [1.807, 2.05) is 0 Å². The molecule has 0 saturated heterocycles. The molecule has 0 aliphatic heterocycles. The number of hydrogen-bond donors (Lipinski definition) is 1. The van der Waals surface area contributed by atoms with Crippen molar-refractivity contribution in [1.82, 2.24) is 0 Å². The van der Waals surface area contributed by atoms with Crippen molar-refractivity contribution in [3.05, 3.63) is 71.3 Å². The molecule has 2 aromatic carbocycles. The summed E-state index contributed by atoms with van der Waals surface area (Å²) >= 11 is 0. The molecule has 0 aliphatic carbocycles. The number of alkyl halides is 3. The Bertz CT molecular complexity index is 606. The van der Waals surface area contributed by atoms with Gasteiger partial charge in [0.2, 0.25) is 0 Å². The standard InChI is InChI=1S/C15H11F3O2/c16-15(17,18)12-8-4-7-11(9-12)14(20)13(19)10-5-2-1-3-6-10/h1-9,13,19H. The summed E-state index contributed by atoms with van der Waals surface area (Å²) in [7, 11) is 0. The molecule has 5 heteroatoms. The van der Waals surface area contributed by atoms with Gasteiger partial charge in [0.05, 0.1) is 5.56 Å². The maximum Gasteiger partial charge on any atom is 0.416 e. The van der Waals surface area contributed by atoms with Gasteiger partial charge in [0.1, 0.15) is 6.10 Å². The number of benzene rings is 2. The van der Waals surface area contributed by atoms with Gasteiger partial charge in [0, 0.05) is 5.56 Å². The fourth-order valence-electron chi connectivity index (χ4n) is 1.79. The first-order valence-electron chi connectivity index (χ1n) is 5.84. The molecule has 0 saturated carbocycles. The molecule has 0 aliphatic rings. The number of hydrogen-bond acceptors (Lipinski definition) is 2. The number of halogens is 3. The van der Waals surface area contributed by atoms with Gasteiger partial charge in [-0.3, -0.25) is 4.79 Å². The van der Waals surface area contributed by atoms with E-state index in [0.29, 0.717) is 5.56 Å². The third-order valence-corrected chi connectivity index (χ3v) is 2.84. The van der Waals surface area contributed by atoms with Crippen molar-refractivity contribution in [2.24, 2.45) is 0 Å².